The van der Waals surface area contributed by atoms with E-state index < -0.39 is 11.4 Å². The molecule has 2 rings (SSSR count). The van der Waals surface area contributed by atoms with Crippen LogP contribution < -0.4 is 10.3 Å². The number of ether oxygens (including phenoxy) is 1. The van der Waals surface area contributed by atoms with E-state index in [2.05, 4.69) is 9.97 Å². The molecule has 0 aliphatic heterocycles. The summed E-state index contributed by atoms with van der Waals surface area (Å²) in [6, 6.07) is 5.95. The summed E-state index contributed by atoms with van der Waals surface area (Å²) in [6.07, 6.45) is 1.74. The lowest BCUT2D eigenvalue weighted by Crippen LogP contribution is -2.14. The standard InChI is InChI=1S/C13H10FN3O2S/c1-19-10-4-3-7(5-9(10)14)11-8(6-15)12(18)17-13(16-11)20-2/h3-5H,1-2H3,(H,16,17,18). The third-order valence-corrected chi connectivity index (χ3v) is 3.21. The molecule has 2 aromatic rings. The maximum atomic E-state index is 13.7. The fourth-order valence-electron chi connectivity index (χ4n) is 1.68. The number of thioether (sulfide) groups is 1. The number of nitriles is 1. The molecule has 0 spiro atoms. The van der Waals surface area contributed by atoms with Crippen LogP contribution in [0.3, 0.4) is 0 Å². The highest BCUT2D eigenvalue weighted by atomic mass is 32.2. The molecule has 1 aromatic heterocycles. The van der Waals surface area contributed by atoms with E-state index in [-0.39, 0.29) is 17.0 Å². The van der Waals surface area contributed by atoms with Crippen LogP contribution in [-0.4, -0.2) is 23.3 Å². The molecule has 102 valence electrons. The number of halogens is 1. The molecule has 5 nitrogen and oxygen atoms in total. The van der Waals surface area contributed by atoms with Gasteiger partial charge in [0.05, 0.1) is 12.8 Å². The Balaban J connectivity index is 2.68. The highest BCUT2D eigenvalue weighted by Gasteiger charge is 2.15. The summed E-state index contributed by atoms with van der Waals surface area (Å²) in [4.78, 5) is 18.4. The fraction of sp³-hybridized carbons (Fsp3) is 0.154. The lowest BCUT2D eigenvalue weighted by Gasteiger charge is -2.07. The monoisotopic (exact) mass is 291 g/mol. The van der Waals surface area contributed by atoms with E-state index in [0.29, 0.717) is 10.7 Å². The van der Waals surface area contributed by atoms with Gasteiger partial charge in [-0.2, -0.15) is 5.26 Å². The Morgan fingerprint density at radius 3 is 2.80 bits per heavy atom. The van der Waals surface area contributed by atoms with Crippen molar-refractivity contribution in [1.29, 1.82) is 5.26 Å². The molecule has 0 radical (unpaired) electrons. The first-order valence-electron chi connectivity index (χ1n) is 5.53. The van der Waals surface area contributed by atoms with Crippen LogP contribution in [0.4, 0.5) is 4.39 Å². The SMILES string of the molecule is COc1ccc(-c2nc(SC)[nH]c(=O)c2C#N)cc1F. The number of nitrogens with one attached hydrogen (secondary N) is 1. The first-order chi connectivity index (χ1) is 9.60. The highest BCUT2D eigenvalue weighted by Crippen LogP contribution is 2.26. The van der Waals surface area contributed by atoms with Gasteiger partial charge in [-0.15, -0.1) is 0 Å². The third kappa shape index (κ3) is 2.51. The van der Waals surface area contributed by atoms with E-state index in [9.17, 15) is 9.18 Å². The normalized spacial score (nSPS) is 10.1. The molecule has 0 bridgehead atoms. The summed E-state index contributed by atoms with van der Waals surface area (Å²) in [5.74, 6) is -0.496. The van der Waals surface area contributed by atoms with E-state index in [1.165, 1.54) is 31.0 Å². The van der Waals surface area contributed by atoms with Crippen LogP contribution in [0.5, 0.6) is 5.75 Å². The van der Waals surface area contributed by atoms with Crippen molar-refractivity contribution in [2.75, 3.05) is 13.4 Å². The molecule has 1 N–H and O–H groups in total. The predicted octanol–water partition coefficient (Wildman–Crippen LogP) is 2.18. The van der Waals surface area contributed by atoms with Crippen LogP contribution in [0.15, 0.2) is 28.2 Å². The van der Waals surface area contributed by atoms with Gasteiger partial charge in [0.2, 0.25) is 0 Å². The topological polar surface area (TPSA) is 78.8 Å². The number of aromatic amines is 1. The zero-order valence-electron chi connectivity index (χ0n) is 10.7. The van der Waals surface area contributed by atoms with E-state index in [1.54, 1.807) is 18.4 Å². The van der Waals surface area contributed by atoms with Gasteiger partial charge in [0, 0.05) is 5.56 Å². The number of hydrogen-bond donors (Lipinski definition) is 1. The molecule has 0 saturated carbocycles. The molecule has 0 saturated heterocycles. The average Bonchev–Trinajstić information content (AvgIpc) is 2.46. The summed E-state index contributed by atoms with van der Waals surface area (Å²) in [6.45, 7) is 0. The van der Waals surface area contributed by atoms with Crippen molar-refractivity contribution in [3.63, 3.8) is 0 Å². The Labute approximate surface area is 118 Å². The molecule has 0 atom stereocenters. The zero-order chi connectivity index (χ0) is 14.7. The lowest BCUT2D eigenvalue weighted by molar-refractivity contribution is 0.386. The quantitative estimate of drug-likeness (QED) is 0.692. The summed E-state index contributed by atoms with van der Waals surface area (Å²) in [5.41, 5.74) is -0.186. The largest absolute Gasteiger partial charge is 0.494 e. The van der Waals surface area contributed by atoms with Crippen LogP contribution in [0.2, 0.25) is 0 Å². The Morgan fingerprint density at radius 1 is 1.50 bits per heavy atom. The zero-order valence-corrected chi connectivity index (χ0v) is 11.5. The molecule has 0 amide bonds. The predicted molar refractivity (Wildman–Crippen MR) is 73.3 cm³/mol. The smallest absolute Gasteiger partial charge is 0.270 e. The molecular weight excluding hydrogens is 281 g/mol. The van der Waals surface area contributed by atoms with Crippen molar-refractivity contribution in [3.05, 3.63) is 39.9 Å². The summed E-state index contributed by atoms with van der Waals surface area (Å²) in [7, 11) is 1.36. The number of rotatable bonds is 3. The Kier molecular flexibility index (Phi) is 4.05. The van der Waals surface area contributed by atoms with Gasteiger partial charge in [0.15, 0.2) is 16.7 Å². The number of aromatic nitrogens is 2. The van der Waals surface area contributed by atoms with Crippen molar-refractivity contribution in [1.82, 2.24) is 9.97 Å². The van der Waals surface area contributed by atoms with Crippen LogP contribution in [0.25, 0.3) is 11.3 Å². The molecule has 0 aliphatic rings. The lowest BCUT2D eigenvalue weighted by atomic mass is 10.1. The van der Waals surface area contributed by atoms with Gasteiger partial charge in [0.25, 0.3) is 5.56 Å². The van der Waals surface area contributed by atoms with E-state index in [4.69, 9.17) is 10.00 Å². The van der Waals surface area contributed by atoms with Gasteiger partial charge < -0.3 is 9.72 Å². The van der Waals surface area contributed by atoms with Crippen molar-refractivity contribution in [3.8, 4) is 23.1 Å². The van der Waals surface area contributed by atoms with Crippen LogP contribution in [-0.2, 0) is 0 Å². The minimum absolute atomic E-state index is 0.0854. The van der Waals surface area contributed by atoms with Crippen LogP contribution in [0.1, 0.15) is 5.56 Å². The Morgan fingerprint density at radius 2 is 2.25 bits per heavy atom. The van der Waals surface area contributed by atoms with Gasteiger partial charge >= 0.3 is 0 Å². The molecule has 7 heteroatoms. The van der Waals surface area contributed by atoms with Gasteiger partial charge in [-0.3, -0.25) is 4.79 Å². The molecule has 0 unspecified atom stereocenters. The molecule has 0 aliphatic carbocycles. The number of methoxy groups -OCH3 is 1. The maximum Gasteiger partial charge on any atom is 0.270 e. The molecule has 0 fully saturated rings. The molecular formula is C13H10FN3O2S. The average molecular weight is 291 g/mol. The second-order valence-electron chi connectivity index (χ2n) is 3.76. The second-order valence-corrected chi connectivity index (χ2v) is 4.55. The van der Waals surface area contributed by atoms with Gasteiger partial charge in [-0.1, -0.05) is 11.8 Å². The molecule has 20 heavy (non-hydrogen) atoms. The number of H-pyrrole nitrogens is 1. The van der Waals surface area contributed by atoms with Crippen LogP contribution in [0, 0.1) is 17.1 Å². The number of benzene rings is 1. The maximum absolute atomic E-state index is 13.7. The minimum Gasteiger partial charge on any atom is -0.494 e. The van der Waals surface area contributed by atoms with Gasteiger partial charge in [-0.25, -0.2) is 9.37 Å². The third-order valence-electron chi connectivity index (χ3n) is 2.63. The summed E-state index contributed by atoms with van der Waals surface area (Å²) >= 11 is 1.23. The number of hydrogen-bond acceptors (Lipinski definition) is 5. The van der Waals surface area contributed by atoms with Gasteiger partial charge in [0.1, 0.15) is 11.6 Å². The fourth-order valence-corrected chi connectivity index (χ4v) is 2.05. The summed E-state index contributed by atoms with van der Waals surface area (Å²) < 4.78 is 18.6. The first kappa shape index (κ1) is 14.1. The molecule has 1 aromatic carbocycles. The minimum atomic E-state index is -0.582. The van der Waals surface area contributed by atoms with Gasteiger partial charge in [-0.05, 0) is 24.5 Å². The van der Waals surface area contributed by atoms with Crippen molar-refractivity contribution in [2.45, 2.75) is 5.16 Å². The second kappa shape index (κ2) is 5.75. The van der Waals surface area contributed by atoms with Crippen molar-refractivity contribution < 1.29 is 9.13 Å². The summed E-state index contributed by atoms with van der Waals surface area (Å²) in [5, 5.41) is 9.42. The number of nitrogens with zero attached hydrogens (tertiary/aromatic N) is 2. The van der Waals surface area contributed by atoms with E-state index in [1.807, 2.05) is 0 Å². The van der Waals surface area contributed by atoms with E-state index >= 15 is 0 Å². The Hall–Kier alpha value is -2.33. The van der Waals surface area contributed by atoms with E-state index in [0.717, 1.165) is 0 Å². The first-order valence-corrected chi connectivity index (χ1v) is 6.75. The Bertz CT molecular complexity index is 752. The van der Waals surface area contributed by atoms with Crippen molar-refractivity contribution >= 4 is 11.8 Å². The van der Waals surface area contributed by atoms with Crippen LogP contribution >= 0.6 is 11.8 Å². The molecule has 1 heterocycles. The van der Waals surface area contributed by atoms with Crippen molar-refractivity contribution in [2.24, 2.45) is 0 Å². The highest BCUT2D eigenvalue weighted by molar-refractivity contribution is 7.98.